The molecule has 0 bridgehead atoms. The van der Waals surface area contributed by atoms with Crippen LogP contribution in [-0.2, 0) is 25.4 Å². The molecule has 0 aromatic heterocycles. The number of alkyl halides is 9. The van der Waals surface area contributed by atoms with E-state index in [1.807, 2.05) is 18.2 Å². The lowest BCUT2D eigenvalue weighted by atomic mass is 9.67. The molecular formula is C29H37F9O5. The number of esters is 1. The number of methoxy groups -OCH3 is 1. The molecule has 0 heterocycles. The molecule has 246 valence electrons. The maximum absolute atomic E-state index is 13.0. The van der Waals surface area contributed by atoms with Crippen molar-refractivity contribution in [1.29, 1.82) is 0 Å². The SMILES string of the molecule is CCCC[C@@H]1c2ccc(OCC(=O)OC)cc2CC[C@H]1[C@@H]1CC[C@H](OCCCOC(C(F)(F)F)(C(F)(F)F)C(F)(F)F)C1. The fraction of sp³-hybridized carbons (Fsp3) is 0.759. The average Bonchev–Trinajstić information content (AvgIpc) is 3.38. The Kier molecular flexibility index (Phi) is 11.7. The standard InChI is InChI=1S/C29H37F9O5/c1-3-4-6-24-22(11-8-19-16-21(10-12-23(19)24)42-17-25(39)40-2)18-7-9-20(15-18)41-13-5-14-43-26(27(30,31)32,28(33,34)35)29(36,37)38/h10,12,16,18,20,22,24H,3-9,11,13-15,17H2,1-2H3/t18-,20+,22+,24+/m1/s1. The van der Waals surface area contributed by atoms with Gasteiger partial charge in [0, 0.05) is 6.61 Å². The second kappa shape index (κ2) is 14.3. The summed E-state index contributed by atoms with van der Waals surface area (Å²) < 4.78 is 137. The van der Waals surface area contributed by atoms with Crippen LogP contribution >= 0.6 is 0 Å². The molecule has 0 N–H and O–H groups in total. The number of fused-ring (bicyclic) bond motifs is 1. The van der Waals surface area contributed by atoms with Crippen molar-refractivity contribution >= 4 is 5.97 Å². The predicted molar refractivity (Wildman–Crippen MR) is 137 cm³/mol. The van der Waals surface area contributed by atoms with Gasteiger partial charge in [0.15, 0.2) is 6.61 Å². The van der Waals surface area contributed by atoms with Gasteiger partial charge in [-0.25, -0.2) is 4.79 Å². The molecule has 3 rings (SSSR count). The first kappa shape index (κ1) is 35.3. The summed E-state index contributed by atoms with van der Waals surface area (Å²) in [4.78, 5) is 11.4. The van der Waals surface area contributed by atoms with Gasteiger partial charge in [0.25, 0.3) is 0 Å². The van der Waals surface area contributed by atoms with E-state index in [0.29, 0.717) is 24.5 Å². The van der Waals surface area contributed by atoms with Gasteiger partial charge in [-0.1, -0.05) is 25.8 Å². The highest BCUT2D eigenvalue weighted by atomic mass is 19.4. The van der Waals surface area contributed by atoms with E-state index in [-0.39, 0.29) is 31.2 Å². The smallest absolute Gasteiger partial charge is 0.435 e. The van der Waals surface area contributed by atoms with Gasteiger partial charge >= 0.3 is 30.1 Å². The van der Waals surface area contributed by atoms with Gasteiger partial charge in [0.1, 0.15) is 5.75 Å². The van der Waals surface area contributed by atoms with Crippen LogP contribution in [0.5, 0.6) is 5.75 Å². The number of aryl methyl sites for hydroxylation is 1. The fourth-order valence-electron chi connectivity index (χ4n) is 6.34. The van der Waals surface area contributed by atoms with Crippen LogP contribution in [0, 0.1) is 11.8 Å². The molecule has 1 aromatic carbocycles. The minimum atomic E-state index is -6.74. The van der Waals surface area contributed by atoms with Gasteiger partial charge in [-0.15, -0.1) is 0 Å². The Morgan fingerprint density at radius 1 is 0.907 bits per heavy atom. The van der Waals surface area contributed by atoms with Crippen molar-refractivity contribution in [3.8, 4) is 5.75 Å². The Balaban J connectivity index is 1.57. The zero-order chi connectivity index (χ0) is 32.1. The molecule has 0 unspecified atom stereocenters. The van der Waals surface area contributed by atoms with Crippen LogP contribution in [0.25, 0.3) is 0 Å². The van der Waals surface area contributed by atoms with Gasteiger partial charge < -0.3 is 18.9 Å². The number of hydrogen-bond donors (Lipinski definition) is 0. The third kappa shape index (κ3) is 8.09. The van der Waals surface area contributed by atoms with Gasteiger partial charge in [0.05, 0.1) is 19.8 Å². The molecule has 1 aromatic rings. The molecule has 1 saturated carbocycles. The first-order valence-corrected chi connectivity index (χ1v) is 14.3. The average molecular weight is 637 g/mol. The number of hydrogen-bond acceptors (Lipinski definition) is 5. The zero-order valence-electron chi connectivity index (χ0n) is 24.0. The van der Waals surface area contributed by atoms with Crippen molar-refractivity contribution in [1.82, 2.24) is 0 Å². The summed E-state index contributed by atoms with van der Waals surface area (Å²) in [5, 5.41) is 0. The highest BCUT2D eigenvalue weighted by Gasteiger charge is 2.85. The number of benzene rings is 1. The van der Waals surface area contributed by atoms with E-state index in [1.54, 1.807) is 0 Å². The predicted octanol–water partition coefficient (Wildman–Crippen LogP) is 8.09. The molecule has 0 spiro atoms. The van der Waals surface area contributed by atoms with E-state index in [9.17, 15) is 44.3 Å². The van der Waals surface area contributed by atoms with Crippen LogP contribution in [0.15, 0.2) is 18.2 Å². The Hall–Kier alpha value is -2.22. The lowest BCUT2D eigenvalue weighted by molar-refractivity contribution is -0.457. The van der Waals surface area contributed by atoms with Crippen LogP contribution in [0.4, 0.5) is 39.5 Å². The second-order valence-corrected chi connectivity index (χ2v) is 11.1. The van der Waals surface area contributed by atoms with Crippen LogP contribution in [0.2, 0.25) is 0 Å². The number of ether oxygens (including phenoxy) is 4. The van der Waals surface area contributed by atoms with E-state index in [2.05, 4.69) is 16.4 Å². The maximum Gasteiger partial charge on any atom is 0.435 e. The molecule has 0 radical (unpaired) electrons. The molecule has 4 atom stereocenters. The summed E-state index contributed by atoms with van der Waals surface area (Å²) in [5.41, 5.74) is -3.89. The van der Waals surface area contributed by atoms with Crippen molar-refractivity contribution in [3.05, 3.63) is 29.3 Å². The van der Waals surface area contributed by atoms with Gasteiger partial charge in [-0.05, 0) is 86.0 Å². The highest BCUT2D eigenvalue weighted by Crippen LogP contribution is 2.55. The number of halogens is 9. The summed E-state index contributed by atoms with van der Waals surface area (Å²) in [6.07, 6.45) is -14.3. The largest absolute Gasteiger partial charge is 0.482 e. The summed E-state index contributed by atoms with van der Waals surface area (Å²) in [6.45, 7) is 0.148. The molecule has 43 heavy (non-hydrogen) atoms. The van der Waals surface area contributed by atoms with Crippen LogP contribution in [0.3, 0.4) is 0 Å². The van der Waals surface area contributed by atoms with E-state index in [1.165, 1.54) is 12.7 Å². The minimum Gasteiger partial charge on any atom is -0.482 e. The third-order valence-corrected chi connectivity index (χ3v) is 8.42. The van der Waals surface area contributed by atoms with Gasteiger partial charge in [0.2, 0.25) is 0 Å². The maximum atomic E-state index is 13.0. The highest BCUT2D eigenvalue weighted by molar-refractivity contribution is 5.70. The number of carbonyl (C=O) groups is 1. The fourth-order valence-corrected chi connectivity index (χ4v) is 6.34. The van der Waals surface area contributed by atoms with E-state index < -0.39 is 43.1 Å². The number of rotatable bonds is 13. The molecule has 0 amide bonds. The number of carbonyl (C=O) groups excluding carboxylic acids is 1. The topological polar surface area (TPSA) is 54.0 Å². The molecule has 0 aliphatic heterocycles. The van der Waals surface area contributed by atoms with Crippen molar-refractivity contribution in [2.45, 2.75) is 101 Å². The van der Waals surface area contributed by atoms with E-state index in [4.69, 9.17) is 9.47 Å². The monoisotopic (exact) mass is 636 g/mol. The quantitative estimate of drug-likeness (QED) is 0.125. The third-order valence-electron chi connectivity index (χ3n) is 8.42. The van der Waals surface area contributed by atoms with Gasteiger partial charge in [-0.2, -0.15) is 39.5 Å². The molecule has 2 aliphatic carbocycles. The minimum absolute atomic E-state index is 0.194. The first-order chi connectivity index (χ1) is 20.1. The Morgan fingerprint density at radius 2 is 1.58 bits per heavy atom. The summed E-state index contributed by atoms with van der Waals surface area (Å²) in [5.74, 6) is 0.980. The van der Waals surface area contributed by atoms with Crippen LogP contribution < -0.4 is 4.74 Å². The van der Waals surface area contributed by atoms with Crippen molar-refractivity contribution in [2.75, 3.05) is 26.9 Å². The summed E-state index contributed by atoms with van der Waals surface area (Å²) >= 11 is 0. The van der Waals surface area contributed by atoms with Crippen LogP contribution in [0.1, 0.15) is 75.3 Å². The Morgan fingerprint density at radius 3 is 2.19 bits per heavy atom. The molecule has 0 saturated heterocycles. The molecule has 2 aliphatic rings. The van der Waals surface area contributed by atoms with Gasteiger partial charge in [-0.3, -0.25) is 0 Å². The normalized spacial score (nSPS) is 23.2. The molecule has 5 nitrogen and oxygen atoms in total. The lowest BCUT2D eigenvalue weighted by Gasteiger charge is -2.38. The second-order valence-electron chi connectivity index (χ2n) is 11.1. The van der Waals surface area contributed by atoms with Crippen molar-refractivity contribution < 1.29 is 63.3 Å². The first-order valence-electron chi connectivity index (χ1n) is 14.3. The van der Waals surface area contributed by atoms with E-state index in [0.717, 1.165) is 44.1 Å². The van der Waals surface area contributed by atoms with Crippen molar-refractivity contribution in [2.24, 2.45) is 11.8 Å². The molecule has 1 fully saturated rings. The lowest BCUT2D eigenvalue weighted by Crippen LogP contribution is -2.67. The summed E-state index contributed by atoms with van der Waals surface area (Å²) in [7, 11) is 1.28. The Labute approximate surface area is 244 Å². The van der Waals surface area contributed by atoms with Crippen LogP contribution in [-0.4, -0.2) is 63.1 Å². The van der Waals surface area contributed by atoms with E-state index >= 15 is 0 Å². The summed E-state index contributed by atoms with van der Waals surface area (Å²) in [6, 6.07) is 5.80. The number of unbranched alkanes of at least 4 members (excludes halogenated alkanes) is 1. The molecular weight excluding hydrogens is 599 g/mol. The molecule has 14 heteroatoms. The van der Waals surface area contributed by atoms with Crippen molar-refractivity contribution in [3.63, 3.8) is 0 Å². The zero-order valence-corrected chi connectivity index (χ0v) is 24.0. The Bertz CT molecular complexity index is 1020.